The molecule has 2 aromatic carbocycles. The summed E-state index contributed by atoms with van der Waals surface area (Å²) in [6, 6.07) is 14.6. The van der Waals surface area contributed by atoms with Crippen molar-refractivity contribution in [3.05, 3.63) is 64.7 Å². The Balaban J connectivity index is 2.02. The van der Waals surface area contributed by atoms with Crippen LogP contribution in [0.5, 0.6) is 5.75 Å². The van der Waals surface area contributed by atoms with Gasteiger partial charge in [0.2, 0.25) is 0 Å². The molecule has 3 rings (SSSR count). The average Bonchev–Trinajstić information content (AvgIpc) is 2.81. The summed E-state index contributed by atoms with van der Waals surface area (Å²) in [4.78, 5) is 0. The molecule has 0 saturated heterocycles. The first kappa shape index (κ1) is 12.0. The second-order valence-corrected chi connectivity index (χ2v) is 5.16. The minimum atomic E-state index is 0.477. The summed E-state index contributed by atoms with van der Waals surface area (Å²) in [6.45, 7) is 5.19. The van der Waals surface area contributed by atoms with Crippen molar-refractivity contribution in [2.75, 3.05) is 6.61 Å². The predicted molar refractivity (Wildman–Crippen MR) is 80.5 cm³/mol. The van der Waals surface area contributed by atoms with Crippen LogP contribution in [-0.2, 0) is 0 Å². The average molecular weight is 250 g/mol. The predicted octanol–water partition coefficient (Wildman–Crippen LogP) is 4.66. The van der Waals surface area contributed by atoms with Gasteiger partial charge in [-0.05, 0) is 29.7 Å². The Kier molecular flexibility index (Phi) is 3.12. The number of hydrogen-bond acceptors (Lipinski definition) is 1. The van der Waals surface area contributed by atoms with Crippen molar-refractivity contribution in [2.45, 2.75) is 19.8 Å². The second kappa shape index (κ2) is 4.93. The number of ether oxygens (including phenoxy) is 1. The topological polar surface area (TPSA) is 9.23 Å². The zero-order valence-corrected chi connectivity index (χ0v) is 11.4. The van der Waals surface area contributed by atoms with Crippen LogP contribution >= 0.6 is 0 Å². The molecular weight excluding hydrogens is 232 g/mol. The van der Waals surface area contributed by atoms with Gasteiger partial charge >= 0.3 is 0 Å². The summed E-state index contributed by atoms with van der Waals surface area (Å²) in [5, 5.41) is 0. The first-order chi connectivity index (χ1) is 9.25. The summed E-state index contributed by atoms with van der Waals surface area (Å²) in [5.74, 6) is 1.52. The van der Waals surface area contributed by atoms with Gasteiger partial charge in [-0.15, -0.1) is 0 Å². The van der Waals surface area contributed by atoms with Gasteiger partial charge in [-0.3, -0.25) is 0 Å². The van der Waals surface area contributed by atoms with E-state index in [-0.39, 0.29) is 0 Å². The molecule has 0 spiro atoms. The fourth-order valence-electron chi connectivity index (χ4n) is 2.62. The van der Waals surface area contributed by atoms with Crippen LogP contribution in [0.4, 0.5) is 0 Å². The minimum absolute atomic E-state index is 0.477. The molecule has 0 N–H and O–H groups in total. The Morgan fingerprint density at radius 1 is 1.05 bits per heavy atom. The fraction of sp³-hybridized carbons (Fsp3) is 0.222. The zero-order valence-electron chi connectivity index (χ0n) is 11.4. The highest BCUT2D eigenvalue weighted by atomic mass is 16.5. The largest absolute Gasteiger partial charge is 0.493 e. The van der Waals surface area contributed by atoms with Gasteiger partial charge < -0.3 is 4.74 Å². The van der Waals surface area contributed by atoms with E-state index in [9.17, 15) is 0 Å². The second-order valence-electron chi connectivity index (χ2n) is 5.16. The first-order valence-electron chi connectivity index (χ1n) is 6.75. The number of rotatable bonds is 2. The molecule has 1 heterocycles. The van der Waals surface area contributed by atoms with Crippen molar-refractivity contribution >= 4 is 12.2 Å². The van der Waals surface area contributed by atoms with Gasteiger partial charge in [0.15, 0.2) is 0 Å². The Labute approximate surface area is 114 Å². The highest BCUT2D eigenvalue weighted by Gasteiger charge is 2.23. The summed E-state index contributed by atoms with van der Waals surface area (Å²) >= 11 is 0. The van der Waals surface area contributed by atoms with Crippen LogP contribution in [0.1, 0.15) is 35.1 Å². The number of benzene rings is 2. The van der Waals surface area contributed by atoms with Crippen molar-refractivity contribution in [3.8, 4) is 5.75 Å². The van der Waals surface area contributed by atoms with Gasteiger partial charge in [-0.2, -0.15) is 0 Å². The van der Waals surface area contributed by atoms with E-state index < -0.39 is 0 Å². The lowest BCUT2D eigenvalue weighted by Gasteiger charge is -2.09. The number of aryl methyl sites for hydroxylation is 1. The SMILES string of the molecule is Cc1ccc2c(c1/C=C/c1ccccc1)C(C)CO2. The number of hydrogen-bond donors (Lipinski definition) is 0. The van der Waals surface area contributed by atoms with Crippen molar-refractivity contribution in [2.24, 2.45) is 0 Å². The Hall–Kier alpha value is -2.02. The Morgan fingerprint density at radius 3 is 2.63 bits per heavy atom. The summed E-state index contributed by atoms with van der Waals surface area (Å²) in [7, 11) is 0. The van der Waals surface area contributed by atoms with Gasteiger partial charge in [-0.1, -0.05) is 55.5 Å². The molecule has 1 aliphatic rings. The third kappa shape index (κ3) is 2.28. The molecule has 1 aliphatic heterocycles. The number of fused-ring (bicyclic) bond motifs is 1. The minimum Gasteiger partial charge on any atom is -0.493 e. The Bertz CT molecular complexity index is 611. The highest BCUT2D eigenvalue weighted by molar-refractivity contribution is 5.75. The lowest BCUT2D eigenvalue weighted by atomic mass is 9.93. The van der Waals surface area contributed by atoms with Crippen LogP contribution in [0.2, 0.25) is 0 Å². The van der Waals surface area contributed by atoms with E-state index in [0.29, 0.717) is 5.92 Å². The molecule has 0 amide bonds. The van der Waals surface area contributed by atoms with Crippen LogP contribution in [0.15, 0.2) is 42.5 Å². The summed E-state index contributed by atoms with van der Waals surface area (Å²) in [5.41, 5.74) is 5.20. The van der Waals surface area contributed by atoms with Crippen LogP contribution in [0, 0.1) is 6.92 Å². The van der Waals surface area contributed by atoms with E-state index in [0.717, 1.165) is 12.4 Å². The lowest BCUT2D eigenvalue weighted by Crippen LogP contribution is -1.96. The summed E-state index contributed by atoms with van der Waals surface area (Å²) in [6.07, 6.45) is 4.39. The first-order valence-corrected chi connectivity index (χ1v) is 6.75. The van der Waals surface area contributed by atoms with Gasteiger partial charge in [0.05, 0.1) is 6.61 Å². The third-order valence-corrected chi connectivity index (χ3v) is 3.69. The molecule has 0 aliphatic carbocycles. The molecule has 1 unspecified atom stereocenters. The molecule has 96 valence electrons. The molecule has 0 bridgehead atoms. The molecule has 1 atom stereocenters. The zero-order chi connectivity index (χ0) is 13.2. The van der Waals surface area contributed by atoms with E-state index in [1.165, 1.54) is 22.3 Å². The van der Waals surface area contributed by atoms with Gasteiger partial charge in [-0.25, -0.2) is 0 Å². The van der Waals surface area contributed by atoms with E-state index in [4.69, 9.17) is 4.74 Å². The van der Waals surface area contributed by atoms with Crippen LogP contribution < -0.4 is 4.74 Å². The van der Waals surface area contributed by atoms with Gasteiger partial charge in [0, 0.05) is 11.5 Å². The van der Waals surface area contributed by atoms with Gasteiger partial charge in [0.1, 0.15) is 5.75 Å². The molecular formula is C18H18O. The molecule has 0 fully saturated rings. The molecule has 1 heteroatoms. The lowest BCUT2D eigenvalue weighted by molar-refractivity contribution is 0.337. The van der Waals surface area contributed by atoms with Crippen molar-refractivity contribution in [1.82, 2.24) is 0 Å². The quantitative estimate of drug-likeness (QED) is 0.704. The monoisotopic (exact) mass is 250 g/mol. The van der Waals surface area contributed by atoms with Crippen LogP contribution in [-0.4, -0.2) is 6.61 Å². The van der Waals surface area contributed by atoms with Crippen LogP contribution in [0.3, 0.4) is 0 Å². The molecule has 19 heavy (non-hydrogen) atoms. The maximum absolute atomic E-state index is 5.72. The molecule has 0 aromatic heterocycles. The smallest absolute Gasteiger partial charge is 0.123 e. The van der Waals surface area contributed by atoms with Crippen molar-refractivity contribution in [3.63, 3.8) is 0 Å². The third-order valence-electron chi connectivity index (χ3n) is 3.69. The van der Waals surface area contributed by atoms with Crippen molar-refractivity contribution in [1.29, 1.82) is 0 Å². The molecule has 2 aromatic rings. The molecule has 0 radical (unpaired) electrons. The van der Waals surface area contributed by atoms with E-state index in [2.05, 4.69) is 62.4 Å². The Morgan fingerprint density at radius 2 is 1.84 bits per heavy atom. The molecule has 1 nitrogen and oxygen atoms in total. The van der Waals surface area contributed by atoms with Crippen LogP contribution in [0.25, 0.3) is 12.2 Å². The van der Waals surface area contributed by atoms with Crippen molar-refractivity contribution < 1.29 is 4.74 Å². The maximum atomic E-state index is 5.72. The highest BCUT2D eigenvalue weighted by Crippen LogP contribution is 2.38. The van der Waals surface area contributed by atoms with E-state index in [1.54, 1.807) is 0 Å². The standard InChI is InChI=1S/C18H18O/c1-13-8-11-17-18(14(2)12-19-17)16(13)10-9-15-6-4-3-5-7-15/h3-11,14H,12H2,1-2H3/b10-9+. The van der Waals surface area contributed by atoms with Gasteiger partial charge in [0.25, 0.3) is 0 Å². The van der Waals surface area contributed by atoms with E-state index in [1.807, 2.05) is 6.07 Å². The summed E-state index contributed by atoms with van der Waals surface area (Å²) < 4.78 is 5.72. The maximum Gasteiger partial charge on any atom is 0.123 e. The fourth-order valence-corrected chi connectivity index (χ4v) is 2.62. The molecule has 0 saturated carbocycles. The van der Waals surface area contributed by atoms with E-state index >= 15 is 0 Å². The normalized spacial score (nSPS) is 17.5.